The number of nitrogens with one attached hydrogen (secondary N) is 1. The van der Waals surface area contributed by atoms with Gasteiger partial charge in [-0.2, -0.15) is 0 Å². The maximum absolute atomic E-state index is 12.3. The number of rotatable bonds is 4. The molecule has 0 aliphatic carbocycles. The van der Waals surface area contributed by atoms with Gasteiger partial charge in [-0.05, 0) is 36.8 Å². The van der Waals surface area contributed by atoms with Crippen molar-refractivity contribution < 1.29 is 8.42 Å². The van der Waals surface area contributed by atoms with Crippen LogP contribution >= 0.6 is 11.6 Å². The molecule has 0 aliphatic rings. The molecule has 1 heterocycles. The van der Waals surface area contributed by atoms with Gasteiger partial charge in [0.1, 0.15) is 0 Å². The van der Waals surface area contributed by atoms with Gasteiger partial charge in [0.15, 0.2) is 0 Å². The van der Waals surface area contributed by atoms with Crippen molar-refractivity contribution in [3.8, 4) is 0 Å². The lowest BCUT2D eigenvalue weighted by molar-refractivity contribution is 0.580. The van der Waals surface area contributed by atoms with Crippen LogP contribution < -0.4 is 10.5 Å². The molecule has 0 bridgehead atoms. The Bertz CT molecular complexity index is 718. The van der Waals surface area contributed by atoms with Gasteiger partial charge in [-0.15, -0.1) is 0 Å². The maximum atomic E-state index is 12.3. The predicted octanol–water partition coefficient (Wildman–Crippen LogP) is 2.10. The van der Waals surface area contributed by atoms with Crippen molar-refractivity contribution in [1.82, 2.24) is 9.71 Å². The first-order chi connectivity index (χ1) is 9.40. The number of aromatic nitrogens is 1. The SMILES string of the molecule is Cc1c(N)cc(Cl)cc1S(=O)(=O)NCc1ccccn1. The minimum Gasteiger partial charge on any atom is -0.398 e. The van der Waals surface area contributed by atoms with Gasteiger partial charge >= 0.3 is 0 Å². The van der Waals surface area contributed by atoms with E-state index in [0.717, 1.165) is 0 Å². The number of anilines is 1. The molecule has 5 nitrogen and oxygen atoms in total. The Balaban J connectivity index is 2.27. The van der Waals surface area contributed by atoms with Gasteiger partial charge in [0.25, 0.3) is 0 Å². The molecule has 0 radical (unpaired) electrons. The number of hydrogen-bond acceptors (Lipinski definition) is 4. The number of nitrogen functional groups attached to an aromatic ring is 1. The van der Waals surface area contributed by atoms with E-state index in [9.17, 15) is 8.42 Å². The number of pyridine rings is 1. The van der Waals surface area contributed by atoms with E-state index >= 15 is 0 Å². The fraction of sp³-hybridized carbons (Fsp3) is 0.154. The molecule has 0 fully saturated rings. The number of halogens is 1. The van der Waals surface area contributed by atoms with Gasteiger partial charge in [0.2, 0.25) is 10.0 Å². The fourth-order valence-corrected chi connectivity index (χ4v) is 3.29. The molecule has 0 spiro atoms. The van der Waals surface area contributed by atoms with Crippen LogP contribution in [0.3, 0.4) is 0 Å². The van der Waals surface area contributed by atoms with E-state index in [-0.39, 0.29) is 16.5 Å². The fourth-order valence-electron chi connectivity index (χ4n) is 1.70. The van der Waals surface area contributed by atoms with Gasteiger partial charge in [-0.3, -0.25) is 4.98 Å². The van der Waals surface area contributed by atoms with E-state index in [0.29, 0.717) is 16.9 Å². The summed E-state index contributed by atoms with van der Waals surface area (Å²) in [7, 11) is -3.69. The molecule has 0 unspecified atom stereocenters. The quantitative estimate of drug-likeness (QED) is 0.847. The normalized spacial score (nSPS) is 11.5. The highest BCUT2D eigenvalue weighted by Gasteiger charge is 2.19. The molecule has 0 amide bonds. The zero-order valence-electron chi connectivity index (χ0n) is 10.8. The highest BCUT2D eigenvalue weighted by molar-refractivity contribution is 7.89. The first-order valence-electron chi connectivity index (χ1n) is 5.85. The second-order valence-corrected chi connectivity index (χ2v) is 6.44. The second-order valence-electron chi connectivity index (χ2n) is 4.26. The lowest BCUT2D eigenvalue weighted by atomic mass is 10.2. The Hall–Kier alpha value is -1.63. The number of hydrogen-bond donors (Lipinski definition) is 2. The van der Waals surface area contributed by atoms with Crippen molar-refractivity contribution in [3.05, 3.63) is 52.8 Å². The van der Waals surface area contributed by atoms with E-state index in [2.05, 4.69) is 9.71 Å². The molecule has 20 heavy (non-hydrogen) atoms. The highest BCUT2D eigenvalue weighted by Crippen LogP contribution is 2.25. The number of benzene rings is 1. The van der Waals surface area contributed by atoms with Crippen LogP contribution in [0.2, 0.25) is 5.02 Å². The summed E-state index contributed by atoms with van der Waals surface area (Å²) < 4.78 is 27.0. The number of nitrogens with two attached hydrogens (primary N) is 1. The largest absolute Gasteiger partial charge is 0.398 e. The summed E-state index contributed by atoms with van der Waals surface area (Å²) in [5, 5.41) is 0.284. The minimum absolute atomic E-state index is 0.0819. The summed E-state index contributed by atoms with van der Waals surface area (Å²) in [5.74, 6) is 0. The smallest absolute Gasteiger partial charge is 0.241 e. The number of nitrogens with zero attached hydrogens (tertiary/aromatic N) is 1. The third-order valence-corrected chi connectivity index (χ3v) is 4.57. The van der Waals surface area contributed by atoms with Gasteiger partial charge in [-0.1, -0.05) is 17.7 Å². The molecule has 3 N–H and O–H groups in total. The van der Waals surface area contributed by atoms with Crippen molar-refractivity contribution in [1.29, 1.82) is 0 Å². The zero-order chi connectivity index (χ0) is 14.8. The summed E-state index contributed by atoms with van der Waals surface area (Å²) in [6, 6.07) is 8.20. The van der Waals surface area contributed by atoms with Crippen LogP contribution in [-0.4, -0.2) is 13.4 Å². The lowest BCUT2D eigenvalue weighted by Gasteiger charge is -2.11. The molecule has 0 saturated carbocycles. The molecule has 106 valence electrons. The molecule has 0 saturated heterocycles. The van der Waals surface area contributed by atoms with Crippen LogP contribution in [0, 0.1) is 6.92 Å². The Morgan fingerprint density at radius 2 is 2.10 bits per heavy atom. The van der Waals surface area contributed by atoms with Crippen LogP contribution in [0.25, 0.3) is 0 Å². The average Bonchev–Trinajstić information content (AvgIpc) is 2.42. The standard InChI is InChI=1S/C13H14ClN3O2S/c1-9-12(15)6-10(14)7-13(9)20(18,19)17-8-11-4-2-3-5-16-11/h2-7,17H,8,15H2,1H3. The molecule has 0 aliphatic heterocycles. The average molecular weight is 312 g/mol. The molecule has 1 aromatic heterocycles. The summed E-state index contributed by atoms with van der Waals surface area (Å²) in [6.45, 7) is 1.75. The van der Waals surface area contributed by atoms with Gasteiger partial charge in [-0.25, -0.2) is 13.1 Å². The first kappa shape index (κ1) is 14.8. The van der Waals surface area contributed by atoms with E-state index in [1.54, 1.807) is 31.3 Å². The van der Waals surface area contributed by atoms with E-state index in [4.69, 9.17) is 17.3 Å². The first-order valence-corrected chi connectivity index (χ1v) is 7.71. The van der Waals surface area contributed by atoms with Gasteiger partial charge in [0.05, 0.1) is 17.1 Å². The van der Waals surface area contributed by atoms with Crippen molar-refractivity contribution >= 4 is 27.3 Å². The highest BCUT2D eigenvalue weighted by atomic mass is 35.5. The van der Waals surface area contributed by atoms with Crippen LogP contribution in [0.5, 0.6) is 0 Å². The Labute approximate surface area is 122 Å². The predicted molar refractivity (Wildman–Crippen MR) is 78.9 cm³/mol. The Kier molecular flexibility index (Phi) is 4.27. The molecular formula is C13H14ClN3O2S. The van der Waals surface area contributed by atoms with Gasteiger partial charge in [0, 0.05) is 16.9 Å². The Morgan fingerprint density at radius 3 is 2.75 bits per heavy atom. The summed E-state index contributed by atoms with van der Waals surface area (Å²) >= 11 is 5.86. The van der Waals surface area contributed by atoms with Crippen LogP contribution in [0.1, 0.15) is 11.3 Å². The van der Waals surface area contributed by atoms with Crippen molar-refractivity contribution in [2.45, 2.75) is 18.4 Å². The van der Waals surface area contributed by atoms with Crippen molar-refractivity contribution in [2.75, 3.05) is 5.73 Å². The summed E-state index contributed by atoms with van der Waals surface area (Å²) in [6.07, 6.45) is 1.60. The van der Waals surface area contributed by atoms with E-state index in [1.165, 1.54) is 12.1 Å². The summed E-state index contributed by atoms with van der Waals surface area (Å²) in [5.41, 5.74) is 7.18. The van der Waals surface area contributed by atoms with Gasteiger partial charge < -0.3 is 5.73 Å². The molecular weight excluding hydrogens is 298 g/mol. The molecule has 1 aromatic carbocycles. The zero-order valence-corrected chi connectivity index (χ0v) is 12.4. The maximum Gasteiger partial charge on any atom is 0.241 e. The third-order valence-electron chi connectivity index (χ3n) is 2.82. The molecule has 0 atom stereocenters. The second kappa shape index (κ2) is 5.78. The monoisotopic (exact) mass is 311 g/mol. The van der Waals surface area contributed by atoms with Crippen LogP contribution in [0.15, 0.2) is 41.4 Å². The van der Waals surface area contributed by atoms with Crippen molar-refractivity contribution in [3.63, 3.8) is 0 Å². The van der Waals surface area contributed by atoms with E-state index in [1.807, 2.05) is 0 Å². The Morgan fingerprint density at radius 1 is 1.35 bits per heavy atom. The lowest BCUT2D eigenvalue weighted by Crippen LogP contribution is -2.24. The topological polar surface area (TPSA) is 85.1 Å². The van der Waals surface area contributed by atoms with Crippen LogP contribution in [0.4, 0.5) is 5.69 Å². The summed E-state index contributed by atoms with van der Waals surface area (Å²) in [4.78, 5) is 4.14. The molecule has 2 rings (SSSR count). The molecule has 2 aromatic rings. The van der Waals surface area contributed by atoms with Crippen molar-refractivity contribution in [2.24, 2.45) is 0 Å². The minimum atomic E-state index is -3.69. The van der Waals surface area contributed by atoms with E-state index < -0.39 is 10.0 Å². The number of sulfonamides is 1. The van der Waals surface area contributed by atoms with Crippen LogP contribution in [-0.2, 0) is 16.6 Å². The molecule has 7 heteroatoms. The third kappa shape index (κ3) is 3.27.